The number of pyridine rings is 1. The Morgan fingerprint density at radius 2 is 2.10 bits per heavy atom. The number of hydrogen-bond donors (Lipinski definition) is 1. The van der Waals surface area contributed by atoms with Gasteiger partial charge in [-0.15, -0.1) is 0 Å². The van der Waals surface area contributed by atoms with Gasteiger partial charge in [0.25, 0.3) is 0 Å². The van der Waals surface area contributed by atoms with E-state index in [9.17, 15) is 5.11 Å². The van der Waals surface area contributed by atoms with Crippen molar-refractivity contribution in [3.05, 3.63) is 65.0 Å². The molecule has 0 fully saturated rings. The van der Waals surface area contributed by atoms with Crippen LogP contribution in [-0.4, -0.2) is 10.1 Å². The van der Waals surface area contributed by atoms with Crippen LogP contribution < -0.4 is 0 Å². The second kappa shape index (κ2) is 5.76. The van der Waals surface area contributed by atoms with Crippen LogP contribution >= 0.6 is 0 Å². The zero-order chi connectivity index (χ0) is 13.9. The van der Waals surface area contributed by atoms with Crippen molar-refractivity contribution >= 4 is 0 Å². The predicted molar refractivity (Wildman–Crippen MR) is 80.7 cm³/mol. The molecule has 0 spiro atoms. The van der Waals surface area contributed by atoms with Crippen LogP contribution in [0.25, 0.3) is 0 Å². The lowest BCUT2D eigenvalue weighted by atomic mass is 9.79. The van der Waals surface area contributed by atoms with Crippen LogP contribution in [0.15, 0.2) is 42.6 Å². The van der Waals surface area contributed by atoms with Crippen LogP contribution in [0.5, 0.6) is 0 Å². The van der Waals surface area contributed by atoms with Gasteiger partial charge >= 0.3 is 0 Å². The summed E-state index contributed by atoms with van der Waals surface area (Å²) >= 11 is 0. The summed E-state index contributed by atoms with van der Waals surface area (Å²) in [5.41, 5.74) is 4.79. The average molecular weight is 267 g/mol. The fourth-order valence-corrected chi connectivity index (χ4v) is 3.34. The van der Waals surface area contributed by atoms with E-state index in [2.05, 4.69) is 29.2 Å². The molecule has 2 atom stereocenters. The molecule has 0 saturated heterocycles. The Hall–Kier alpha value is -1.67. The normalized spacial score (nSPS) is 19.4. The van der Waals surface area contributed by atoms with E-state index in [4.69, 9.17) is 0 Å². The summed E-state index contributed by atoms with van der Waals surface area (Å²) in [4.78, 5) is 4.28. The topological polar surface area (TPSA) is 33.1 Å². The molecular weight excluding hydrogens is 246 g/mol. The molecule has 104 valence electrons. The molecule has 0 saturated carbocycles. The highest BCUT2D eigenvalue weighted by Crippen LogP contribution is 2.37. The fourth-order valence-electron chi connectivity index (χ4n) is 3.34. The standard InChI is InChI=1S/C18H21NO/c1-13-16(10-5-11-19-13)18(20)12-15-8-4-7-14-6-2-3-9-17(14)15/h2-3,5-6,9-11,15,18,20H,4,7-8,12H2,1H3. The lowest BCUT2D eigenvalue weighted by Gasteiger charge is -2.27. The van der Waals surface area contributed by atoms with E-state index in [-0.39, 0.29) is 0 Å². The van der Waals surface area contributed by atoms with Crippen molar-refractivity contribution in [3.8, 4) is 0 Å². The molecule has 1 aliphatic rings. The van der Waals surface area contributed by atoms with Gasteiger partial charge in [0.15, 0.2) is 0 Å². The number of rotatable bonds is 3. The maximum atomic E-state index is 10.5. The van der Waals surface area contributed by atoms with E-state index in [1.807, 2.05) is 19.1 Å². The Morgan fingerprint density at radius 1 is 1.25 bits per heavy atom. The van der Waals surface area contributed by atoms with E-state index in [1.54, 1.807) is 6.20 Å². The van der Waals surface area contributed by atoms with Crippen molar-refractivity contribution < 1.29 is 5.11 Å². The number of benzene rings is 1. The third-order valence-electron chi connectivity index (χ3n) is 4.41. The average Bonchev–Trinajstić information content (AvgIpc) is 2.48. The Morgan fingerprint density at radius 3 is 2.95 bits per heavy atom. The summed E-state index contributed by atoms with van der Waals surface area (Å²) in [6.45, 7) is 1.97. The molecule has 2 unspecified atom stereocenters. The molecular formula is C18H21NO. The zero-order valence-electron chi connectivity index (χ0n) is 11.9. The summed E-state index contributed by atoms with van der Waals surface area (Å²) < 4.78 is 0. The molecule has 3 rings (SSSR count). The Bertz CT molecular complexity index is 593. The summed E-state index contributed by atoms with van der Waals surface area (Å²) in [6.07, 6.45) is 5.73. The highest BCUT2D eigenvalue weighted by molar-refractivity contribution is 5.33. The summed E-state index contributed by atoms with van der Waals surface area (Å²) in [5.74, 6) is 0.467. The molecule has 0 bridgehead atoms. The quantitative estimate of drug-likeness (QED) is 0.914. The summed E-state index contributed by atoms with van der Waals surface area (Å²) in [7, 11) is 0. The monoisotopic (exact) mass is 267 g/mol. The molecule has 2 heteroatoms. The number of aromatic nitrogens is 1. The van der Waals surface area contributed by atoms with Crippen molar-refractivity contribution in [3.63, 3.8) is 0 Å². The van der Waals surface area contributed by atoms with Crippen molar-refractivity contribution in [2.75, 3.05) is 0 Å². The van der Waals surface area contributed by atoms with E-state index in [1.165, 1.54) is 30.4 Å². The molecule has 1 N–H and O–H groups in total. The Labute approximate surface area is 120 Å². The zero-order valence-corrected chi connectivity index (χ0v) is 11.9. The van der Waals surface area contributed by atoms with Gasteiger partial charge in [-0.25, -0.2) is 0 Å². The minimum absolute atomic E-state index is 0.417. The van der Waals surface area contributed by atoms with Crippen LogP contribution in [0.2, 0.25) is 0 Å². The first-order valence-electron chi connectivity index (χ1n) is 7.43. The molecule has 1 aromatic carbocycles. The number of aryl methyl sites for hydroxylation is 2. The van der Waals surface area contributed by atoms with Crippen LogP contribution in [0.3, 0.4) is 0 Å². The van der Waals surface area contributed by atoms with Gasteiger partial charge in [-0.05, 0) is 55.7 Å². The van der Waals surface area contributed by atoms with Gasteiger partial charge in [-0.2, -0.15) is 0 Å². The molecule has 1 aromatic heterocycles. The fraction of sp³-hybridized carbons (Fsp3) is 0.389. The third-order valence-corrected chi connectivity index (χ3v) is 4.41. The van der Waals surface area contributed by atoms with E-state index in [0.29, 0.717) is 5.92 Å². The van der Waals surface area contributed by atoms with E-state index >= 15 is 0 Å². The number of hydrogen-bond acceptors (Lipinski definition) is 2. The van der Waals surface area contributed by atoms with Gasteiger partial charge < -0.3 is 5.11 Å². The lowest BCUT2D eigenvalue weighted by Crippen LogP contribution is -2.13. The molecule has 20 heavy (non-hydrogen) atoms. The van der Waals surface area contributed by atoms with Crippen LogP contribution in [-0.2, 0) is 6.42 Å². The highest BCUT2D eigenvalue weighted by atomic mass is 16.3. The Balaban J connectivity index is 1.81. The molecule has 0 amide bonds. The van der Waals surface area contributed by atoms with Crippen LogP contribution in [0, 0.1) is 6.92 Å². The number of nitrogens with zero attached hydrogens (tertiary/aromatic N) is 1. The smallest absolute Gasteiger partial charge is 0.0813 e. The van der Waals surface area contributed by atoms with E-state index in [0.717, 1.165) is 17.7 Å². The van der Waals surface area contributed by atoms with Gasteiger partial charge in [-0.3, -0.25) is 4.98 Å². The molecule has 1 heterocycles. The summed E-state index contributed by atoms with van der Waals surface area (Å²) in [6, 6.07) is 12.6. The third kappa shape index (κ3) is 2.61. The predicted octanol–water partition coefficient (Wildman–Crippen LogP) is 3.93. The minimum atomic E-state index is -0.417. The first-order chi connectivity index (χ1) is 9.75. The summed E-state index contributed by atoms with van der Waals surface area (Å²) in [5, 5.41) is 10.5. The molecule has 2 aromatic rings. The maximum Gasteiger partial charge on any atom is 0.0813 e. The highest BCUT2D eigenvalue weighted by Gasteiger charge is 2.23. The first-order valence-corrected chi connectivity index (χ1v) is 7.43. The van der Waals surface area contributed by atoms with Crippen molar-refractivity contribution in [2.45, 2.75) is 44.6 Å². The van der Waals surface area contributed by atoms with Gasteiger partial charge in [0.1, 0.15) is 0 Å². The Kier molecular flexibility index (Phi) is 3.83. The van der Waals surface area contributed by atoms with Gasteiger partial charge in [0.05, 0.1) is 6.10 Å². The van der Waals surface area contributed by atoms with Crippen molar-refractivity contribution in [2.24, 2.45) is 0 Å². The molecule has 1 aliphatic carbocycles. The number of aliphatic hydroxyl groups excluding tert-OH is 1. The van der Waals surface area contributed by atoms with Crippen LogP contribution in [0.4, 0.5) is 0 Å². The van der Waals surface area contributed by atoms with Gasteiger partial charge in [0.2, 0.25) is 0 Å². The second-order valence-corrected chi connectivity index (χ2v) is 5.72. The number of aliphatic hydroxyl groups is 1. The SMILES string of the molecule is Cc1ncccc1C(O)CC1CCCc2ccccc21. The van der Waals surface area contributed by atoms with Crippen LogP contribution in [0.1, 0.15) is 53.7 Å². The molecule has 0 radical (unpaired) electrons. The van der Waals surface area contributed by atoms with Gasteiger partial charge in [-0.1, -0.05) is 30.3 Å². The largest absolute Gasteiger partial charge is 0.388 e. The second-order valence-electron chi connectivity index (χ2n) is 5.72. The first kappa shape index (κ1) is 13.3. The maximum absolute atomic E-state index is 10.5. The van der Waals surface area contributed by atoms with Crippen molar-refractivity contribution in [1.29, 1.82) is 0 Å². The molecule has 2 nitrogen and oxygen atoms in total. The van der Waals surface area contributed by atoms with Gasteiger partial charge in [0, 0.05) is 17.5 Å². The number of fused-ring (bicyclic) bond motifs is 1. The van der Waals surface area contributed by atoms with E-state index < -0.39 is 6.10 Å². The van der Waals surface area contributed by atoms with Crippen molar-refractivity contribution in [1.82, 2.24) is 4.98 Å². The lowest BCUT2D eigenvalue weighted by molar-refractivity contribution is 0.153. The minimum Gasteiger partial charge on any atom is -0.388 e. The molecule has 0 aliphatic heterocycles.